The van der Waals surface area contributed by atoms with Crippen molar-refractivity contribution in [1.82, 2.24) is 4.72 Å². The van der Waals surface area contributed by atoms with Gasteiger partial charge in [0.15, 0.2) is 0 Å². The molecular weight excluding hydrogens is 338 g/mol. The Morgan fingerprint density at radius 2 is 2.22 bits per heavy atom. The van der Waals surface area contributed by atoms with Crippen LogP contribution in [0.3, 0.4) is 0 Å². The molecule has 7 heteroatoms. The summed E-state index contributed by atoms with van der Waals surface area (Å²) in [5.41, 5.74) is 0.925. The van der Waals surface area contributed by atoms with Crippen LogP contribution in [0.5, 0.6) is 0 Å². The van der Waals surface area contributed by atoms with Crippen LogP contribution in [0.4, 0.5) is 0 Å². The van der Waals surface area contributed by atoms with Crippen LogP contribution < -0.4 is 4.72 Å². The van der Waals surface area contributed by atoms with Crippen molar-refractivity contribution in [2.45, 2.75) is 30.9 Å². The molecule has 0 aliphatic heterocycles. The topological polar surface area (TPSA) is 66.4 Å². The van der Waals surface area contributed by atoms with E-state index in [1.165, 1.54) is 11.3 Å². The van der Waals surface area contributed by atoms with E-state index in [2.05, 4.69) is 20.7 Å². The van der Waals surface area contributed by atoms with Crippen LogP contribution in [0.1, 0.15) is 25.3 Å². The summed E-state index contributed by atoms with van der Waals surface area (Å²) in [6.45, 7) is 4.35. The van der Waals surface area contributed by atoms with Gasteiger partial charge in [-0.05, 0) is 53.2 Å². The van der Waals surface area contributed by atoms with Crippen LogP contribution in [0.25, 0.3) is 0 Å². The number of aryl methyl sites for hydroxylation is 1. The smallest absolute Gasteiger partial charge is 0.250 e. The van der Waals surface area contributed by atoms with E-state index in [1.807, 2.05) is 13.8 Å². The summed E-state index contributed by atoms with van der Waals surface area (Å²) < 4.78 is 27.6. The van der Waals surface area contributed by atoms with E-state index in [0.717, 1.165) is 22.2 Å². The molecule has 0 spiro atoms. The maximum absolute atomic E-state index is 11.9. The Hall–Kier alpha value is 0.0500. The van der Waals surface area contributed by atoms with Gasteiger partial charge in [0.25, 0.3) is 0 Å². The van der Waals surface area contributed by atoms with Gasteiger partial charge in [0.2, 0.25) is 10.0 Å². The van der Waals surface area contributed by atoms with E-state index in [4.69, 9.17) is 5.11 Å². The van der Waals surface area contributed by atoms with Crippen molar-refractivity contribution in [3.05, 3.63) is 15.4 Å². The zero-order valence-electron chi connectivity index (χ0n) is 10.4. The summed E-state index contributed by atoms with van der Waals surface area (Å²) in [6.07, 6.45) is 1.54. The molecule has 18 heavy (non-hydrogen) atoms. The third-order valence-electron chi connectivity index (χ3n) is 2.58. The van der Waals surface area contributed by atoms with E-state index in [1.54, 1.807) is 6.07 Å². The lowest BCUT2D eigenvalue weighted by Crippen LogP contribution is -2.24. The van der Waals surface area contributed by atoms with Crippen LogP contribution >= 0.6 is 27.3 Å². The molecule has 0 aliphatic carbocycles. The molecule has 0 saturated heterocycles. The summed E-state index contributed by atoms with van der Waals surface area (Å²) >= 11 is 4.53. The molecule has 0 amide bonds. The van der Waals surface area contributed by atoms with Crippen molar-refractivity contribution in [3.8, 4) is 0 Å². The Morgan fingerprint density at radius 3 is 2.72 bits per heavy atom. The van der Waals surface area contributed by atoms with Gasteiger partial charge >= 0.3 is 0 Å². The van der Waals surface area contributed by atoms with Crippen LogP contribution in [0.15, 0.2) is 14.1 Å². The lowest BCUT2D eigenvalue weighted by molar-refractivity contribution is 0.228. The molecular formula is C11H18BrNO3S2. The summed E-state index contributed by atoms with van der Waals surface area (Å²) in [6, 6.07) is 1.66. The van der Waals surface area contributed by atoms with Gasteiger partial charge < -0.3 is 5.11 Å². The molecule has 1 aromatic heterocycles. The Kier molecular flexibility index (Phi) is 6.26. The summed E-state index contributed by atoms with van der Waals surface area (Å²) in [4.78, 5) is 0. The van der Waals surface area contributed by atoms with Gasteiger partial charge in [0.1, 0.15) is 4.21 Å². The number of hydrogen-bond acceptors (Lipinski definition) is 4. The fraction of sp³-hybridized carbons (Fsp3) is 0.636. The molecule has 104 valence electrons. The van der Waals surface area contributed by atoms with Crippen molar-refractivity contribution < 1.29 is 13.5 Å². The summed E-state index contributed by atoms with van der Waals surface area (Å²) in [5.74, 6) is 0.215. The zero-order valence-corrected chi connectivity index (χ0v) is 13.7. The maximum Gasteiger partial charge on any atom is 0.250 e. The highest BCUT2D eigenvalue weighted by atomic mass is 79.9. The number of rotatable bonds is 7. The number of hydrogen-bond donors (Lipinski definition) is 2. The Morgan fingerprint density at radius 1 is 1.56 bits per heavy atom. The first-order valence-electron chi connectivity index (χ1n) is 5.73. The van der Waals surface area contributed by atoms with Crippen LogP contribution in [0.2, 0.25) is 0 Å². The number of nitrogens with one attached hydrogen (secondary N) is 1. The highest BCUT2D eigenvalue weighted by Crippen LogP contribution is 2.30. The second-order valence-corrected chi connectivity index (χ2v) is 8.71. The van der Waals surface area contributed by atoms with Crippen LogP contribution in [-0.4, -0.2) is 26.7 Å². The molecule has 2 N–H and O–H groups in total. The minimum Gasteiger partial charge on any atom is -0.396 e. The highest BCUT2D eigenvalue weighted by Gasteiger charge is 2.17. The molecule has 0 aliphatic rings. The van der Waals surface area contributed by atoms with Gasteiger partial charge in [-0.2, -0.15) is 0 Å². The largest absolute Gasteiger partial charge is 0.396 e. The number of aliphatic hydroxyl groups excluding tert-OH is 1. The van der Waals surface area contributed by atoms with Gasteiger partial charge in [0, 0.05) is 13.2 Å². The molecule has 0 unspecified atom stereocenters. The third kappa shape index (κ3) is 4.62. The average Bonchev–Trinajstić information content (AvgIpc) is 2.66. The number of thiophene rings is 1. The monoisotopic (exact) mass is 355 g/mol. The van der Waals surface area contributed by atoms with Crippen molar-refractivity contribution >= 4 is 37.3 Å². The first-order valence-corrected chi connectivity index (χ1v) is 8.82. The van der Waals surface area contributed by atoms with Crippen molar-refractivity contribution in [3.63, 3.8) is 0 Å². The van der Waals surface area contributed by atoms with Gasteiger partial charge in [-0.15, -0.1) is 11.3 Å². The standard InChI is InChI=1S/C11H18BrNO3S2/c1-8(7-14)4-3-5-13-18(15,16)10-6-9(2)11(12)17-10/h6,8,13-14H,3-5,7H2,1-2H3/t8-/m1/s1. The van der Waals surface area contributed by atoms with Gasteiger partial charge in [-0.1, -0.05) is 6.92 Å². The maximum atomic E-state index is 11.9. The fourth-order valence-corrected chi connectivity index (χ4v) is 4.73. The quantitative estimate of drug-likeness (QED) is 0.738. The van der Waals surface area contributed by atoms with Crippen molar-refractivity contribution in [2.75, 3.05) is 13.2 Å². The predicted octanol–water partition coefficient (Wildman–Crippen LogP) is 2.51. The minimum absolute atomic E-state index is 0.143. The molecule has 0 fully saturated rings. The normalized spacial score (nSPS) is 13.8. The fourth-order valence-electron chi connectivity index (χ4n) is 1.38. The predicted molar refractivity (Wildman–Crippen MR) is 77.4 cm³/mol. The summed E-state index contributed by atoms with van der Waals surface area (Å²) in [7, 11) is -3.39. The SMILES string of the molecule is Cc1cc(S(=O)(=O)NCCC[C@@H](C)CO)sc1Br. The van der Waals surface area contributed by atoms with Crippen molar-refractivity contribution in [1.29, 1.82) is 0 Å². The van der Waals surface area contributed by atoms with E-state index in [9.17, 15) is 8.42 Å². The zero-order chi connectivity index (χ0) is 13.8. The Labute approximate surface area is 121 Å². The molecule has 1 aromatic rings. The van der Waals surface area contributed by atoms with Crippen LogP contribution in [-0.2, 0) is 10.0 Å². The Bertz CT molecular complexity index is 465. The Balaban J connectivity index is 2.50. The summed E-state index contributed by atoms with van der Waals surface area (Å²) in [5, 5.41) is 8.86. The molecule has 1 heterocycles. The van der Waals surface area contributed by atoms with Crippen molar-refractivity contribution in [2.24, 2.45) is 5.92 Å². The average molecular weight is 356 g/mol. The van der Waals surface area contributed by atoms with Gasteiger partial charge in [-0.3, -0.25) is 0 Å². The number of halogens is 1. The molecule has 0 radical (unpaired) electrons. The lowest BCUT2D eigenvalue weighted by atomic mass is 10.1. The van der Waals surface area contributed by atoms with E-state index < -0.39 is 10.0 Å². The first kappa shape index (κ1) is 16.1. The van der Waals surface area contributed by atoms with Gasteiger partial charge in [0.05, 0.1) is 3.79 Å². The first-order chi connectivity index (χ1) is 8.36. The lowest BCUT2D eigenvalue weighted by Gasteiger charge is -2.08. The molecule has 1 rings (SSSR count). The van der Waals surface area contributed by atoms with Gasteiger partial charge in [-0.25, -0.2) is 13.1 Å². The second-order valence-electron chi connectivity index (χ2n) is 4.35. The van der Waals surface area contributed by atoms with Crippen LogP contribution in [0, 0.1) is 12.8 Å². The second kappa shape index (κ2) is 7.00. The van der Waals surface area contributed by atoms with E-state index in [-0.39, 0.29) is 12.5 Å². The van der Waals surface area contributed by atoms with E-state index in [0.29, 0.717) is 10.8 Å². The van der Waals surface area contributed by atoms with E-state index >= 15 is 0 Å². The molecule has 1 atom stereocenters. The minimum atomic E-state index is -3.39. The highest BCUT2D eigenvalue weighted by molar-refractivity contribution is 9.11. The number of aliphatic hydroxyl groups is 1. The molecule has 0 aromatic carbocycles. The molecule has 4 nitrogen and oxygen atoms in total. The number of sulfonamides is 1. The molecule has 0 saturated carbocycles. The third-order valence-corrected chi connectivity index (χ3v) is 6.65. The molecule has 0 bridgehead atoms.